The number of aliphatic carboxylic acids is 1. The number of hydrogen-bond donors (Lipinski definition) is 1. The van der Waals surface area contributed by atoms with E-state index in [-0.39, 0.29) is 6.54 Å². The van der Waals surface area contributed by atoms with Gasteiger partial charge < -0.3 is 10.0 Å². The van der Waals surface area contributed by atoms with Crippen LogP contribution in [-0.2, 0) is 4.79 Å². The van der Waals surface area contributed by atoms with Crippen LogP contribution in [0.3, 0.4) is 0 Å². The molecule has 0 unspecified atom stereocenters. The zero-order valence-corrected chi connectivity index (χ0v) is 10.1. The molecule has 0 amide bonds. The molecule has 0 saturated heterocycles. The van der Waals surface area contributed by atoms with E-state index in [4.69, 9.17) is 5.11 Å². The lowest BCUT2D eigenvalue weighted by Crippen LogP contribution is -2.42. The number of nitrogens with zero attached hydrogens (tertiary/aromatic N) is 2. The van der Waals surface area contributed by atoms with Crippen LogP contribution in [0, 0.1) is 0 Å². The van der Waals surface area contributed by atoms with Crippen molar-refractivity contribution in [3.63, 3.8) is 0 Å². The van der Waals surface area contributed by atoms with Gasteiger partial charge in [-0.05, 0) is 13.1 Å². The molecule has 0 aliphatic rings. The zero-order chi connectivity index (χ0) is 13.5. The summed E-state index contributed by atoms with van der Waals surface area (Å²) in [5.41, 5.74) is 0. The highest BCUT2D eigenvalue weighted by Gasteiger charge is 2.31. The minimum Gasteiger partial charge on any atom is -0.480 e. The lowest BCUT2D eigenvalue weighted by molar-refractivity contribution is -0.154. The maximum atomic E-state index is 12.2. The Kier molecular flexibility index (Phi) is 7.13. The third-order valence-corrected chi connectivity index (χ3v) is 2.39. The largest absolute Gasteiger partial charge is 0.480 e. The van der Waals surface area contributed by atoms with Crippen molar-refractivity contribution in [2.45, 2.75) is 20.0 Å². The Bertz CT molecular complexity index is 230. The molecule has 0 bridgehead atoms. The molecular formula is C10H19F3N2O2. The van der Waals surface area contributed by atoms with Crippen molar-refractivity contribution < 1.29 is 23.1 Å². The Balaban J connectivity index is 4.23. The van der Waals surface area contributed by atoms with E-state index in [0.717, 1.165) is 18.0 Å². The maximum absolute atomic E-state index is 12.2. The van der Waals surface area contributed by atoms with Crippen LogP contribution in [0.1, 0.15) is 13.8 Å². The predicted molar refractivity (Wildman–Crippen MR) is 57.9 cm³/mol. The molecule has 1 N–H and O–H groups in total. The fourth-order valence-corrected chi connectivity index (χ4v) is 1.48. The van der Waals surface area contributed by atoms with Crippen LogP contribution in [0.2, 0.25) is 0 Å². The van der Waals surface area contributed by atoms with Gasteiger partial charge in [-0.3, -0.25) is 9.69 Å². The first-order chi connectivity index (χ1) is 7.78. The Morgan fingerprint density at radius 2 is 1.59 bits per heavy atom. The van der Waals surface area contributed by atoms with Crippen molar-refractivity contribution in [3.8, 4) is 0 Å². The van der Waals surface area contributed by atoms with Crippen molar-refractivity contribution in [2.75, 3.05) is 39.3 Å². The maximum Gasteiger partial charge on any atom is 0.401 e. The van der Waals surface area contributed by atoms with Gasteiger partial charge in [-0.15, -0.1) is 0 Å². The standard InChI is InChI=1S/C10H19F3N2O2/c1-3-14(4-2)5-6-15(7-9(16)17)8-10(11,12)13/h3-8H2,1-2H3,(H,16,17). The van der Waals surface area contributed by atoms with E-state index in [1.54, 1.807) is 0 Å². The van der Waals surface area contributed by atoms with Crippen molar-refractivity contribution >= 4 is 5.97 Å². The molecule has 0 spiro atoms. The number of carboxylic acid groups (broad SMARTS) is 1. The SMILES string of the molecule is CCN(CC)CCN(CC(=O)O)CC(F)(F)F. The molecule has 0 rings (SSSR count). The van der Waals surface area contributed by atoms with Crippen LogP contribution in [0.15, 0.2) is 0 Å². The second kappa shape index (κ2) is 7.50. The van der Waals surface area contributed by atoms with Crippen LogP contribution in [-0.4, -0.2) is 66.3 Å². The van der Waals surface area contributed by atoms with Gasteiger partial charge >= 0.3 is 12.1 Å². The van der Waals surface area contributed by atoms with Gasteiger partial charge in [0.15, 0.2) is 0 Å². The van der Waals surface area contributed by atoms with Gasteiger partial charge in [0.1, 0.15) is 0 Å². The summed E-state index contributed by atoms with van der Waals surface area (Å²) in [5.74, 6) is -1.24. The van der Waals surface area contributed by atoms with Crippen LogP contribution in [0.25, 0.3) is 0 Å². The molecule has 0 radical (unpaired) electrons. The summed E-state index contributed by atoms with van der Waals surface area (Å²) in [6, 6.07) is 0. The molecule has 17 heavy (non-hydrogen) atoms. The quantitative estimate of drug-likeness (QED) is 0.710. The minimum atomic E-state index is -4.36. The second-order valence-corrected chi connectivity index (χ2v) is 3.75. The Hall–Kier alpha value is -0.820. The van der Waals surface area contributed by atoms with Crippen LogP contribution < -0.4 is 0 Å². The fourth-order valence-electron chi connectivity index (χ4n) is 1.48. The molecule has 0 aromatic heterocycles. The van der Waals surface area contributed by atoms with Gasteiger partial charge in [0.2, 0.25) is 0 Å². The Labute approximate surface area is 99.0 Å². The van der Waals surface area contributed by atoms with E-state index in [1.807, 2.05) is 18.7 Å². The summed E-state index contributed by atoms with van der Waals surface area (Å²) in [7, 11) is 0. The van der Waals surface area contributed by atoms with E-state index in [9.17, 15) is 18.0 Å². The predicted octanol–water partition coefficient (Wildman–Crippen LogP) is 1.28. The number of likely N-dealkylation sites (N-methyl/N-ethyl adjacent to an activating group) is 1. The van der Waals surface area contributed by atoms with Crippen molar-refractivity contribution in [1.29, 1.82) is 0 Å². The molecule has 0 heterocycles. The van der Waals surface area contributed by atoms with Crippen LogP contribution in [0.4, 0.5) is 13.2 Å². The third kappa shape index (κ3) is 8.93. The minimum absolute atomic E-state index is 0.105. The first-order valence-corrected chi connectivity index (χ1v) is 5.51. The van der Waals surface area contributed by atoms with E-state index >= 15 is 0 Å². The molecule has 0 aliphatic carbocycles. The normalized spacial score (nSPS) is 12.4. The first kappa shape index (κ1) is 16.2. The van der Waals surface area contributed by atoms with E-state index in [0.29, 0.717) is 6.54 Å². The van der Waals surface area contributed by atoms with Gasteiger partial charge in [0, 0.05) is 13.1 Å². The summed E-state index contributed by atoms with van der Waals surface area (Å²) < 4.78 is 36.6. The first-order valence-electron chi connectivity index (χ1n) is 5.51. The Morgan fingerprint density at radius 3 is 1.94 bits per heavy atom. The zero-order valence-electron chi connectivity index (χ0n) is 10.1. The summed E-state index contributed by atoms with van der Waals surface area (Å²) in [6.07, 6.45) is -4.36. The van der Waals surface area contributed by atoms with E-state index in [1.165, 1.54) is 0 Å². The molecule has 4 nitrogen and oxygen atoms in total. The summed E-state index contributed by atoms with van der Waals surface area (Å²) in [4.78, 5) is 13.3. The average Bonchev–Trinajstić information content (AvgIpc) is 2.15. The molecular weight excluding hydrogens is 237 g/mol. The monoisotopic (exact) mass is 256 g/mol. The molecule has 7 heteroatoms. The smallest absolute Gasteiger partial charge is 0.401 e. The van der Waals surface area contributed by atoms with Gasteiger partial charge in [-0.25, -0.2) is 0 Å². The Morgan fingerprint density at radius 1 is 1.12 bits per heavy atom. The summed E-state index contributed by atoms with van der Waals surface area (Å²) in [5, 5.41) is 8.54. The fraction of sp³-hybridized carbons (Fsp3) is 0.900. The number of rotatable bonds is 8. The number of halogens is 3. The number of carboxylic acids is 1. The molecule has 0 aromatic rings. The van der Waals surface area contributed by atoms with Gasteiger partial charge in [0.05, 0.1) is 13.1 Å². The highest BCUT2D eigenvalue weighted by atomic mass is 19.4. The summed E-state index contributed by atoms with van der Waals surface area (Å²) >= 11 is 0. The number of carbonyl (C=O) groups is 1. The summed E-state index contributed by atoms with van der Waals surface area (Å²) in [6.45, 7) is 4.08. The molecule has 0 aromatic carbocycles. The van der Waals surface area contributed by atoms with E-state index < -0.39 is 25.2 Å². The highest BCUT2D eigenvalue weighted by molar-refractivity contribution is 5.69. The molecule has 102 valence electrons. The molecule has 0 fully saturated rings. The third-order valence-electron chi connectivity index (χ3n) is 2.39. The van der Waals surface area contributed by atoms with Gasteiger partial charge in [-0.1, -0.05) is 13.8 Å². The number of hydrogen-bond acceptors (Lipinski definition) is 3. The van der Waals surface area contributed by atoms with Crippen LogP contribution >= 0.6 is 0 Å². The topological polar surface area (TPSA) is 43.8 Å². The lowest BCUT2D eigenvalue weighted by Gasteiger charge is -2.25. The molecule has 0 aliphatic heterocycles. The van der Waals surface area contributed by atoms with Crippen molar-refractivity contribution in [3.05, 3.63) is 0 Å². The highest BCUT2D eigenvalue weighted by Crippen LogP contribution is 2.16. The molecule has 0 atom stereocenters. The second-order valence-electron chi connectivity index (χ2n) is 3.75. The van der Waals surface area contributed by atoms with Crippen molar-refractivity contribution in [1.82, 2.24) is 9.80 Å². The number of alkyl halides is 3. The lowest BCUT2D eigenvalue weighted by atomic mass is 10.4. The van der Waals surface area contributed by atoms with Gasteiger partial charge in [0.25, 0.3) is 0 Å². The molecule has 0 saturated carbocycles. The average molecular weight is 256 g/mol. The van der Waals surface area contributed by atoms with Crippen LogP contribution in [0.5, 0.6) is 0 Å². The van der Waals surface area contributed by atoms with Gasteiger partial charge in [-0.2, -0.15) is 13.2 Å². The van der Waals surface area contributed by atoms with Crippen molar-refractivity contribution in [2.24, 2.45) is 0 Å². The van der Waals surface area contributed by atoms with E-state index in [2.05, 4.69) is 0 Å².